The summed E-state index contributed by atoms with van der Waals surface area (Å²) in [5, 5.41) is 0. The van der Waals surface area contributed by atoms with Crippen molar-refractivity contribution in [3.8, 4) is 11.5 Å². The van der Waals surface area contributed by atoms with Crippen LogP contribution in [0.5, 0.6) is 11.5 Å². The highest BCUT2D eigenvalue weighted by atomic mass is 79.9. The Kier molecular flexibility index (Phi) is 7.63. The van der Waals surface area contributed by atoms with Crippen molar-refractivity contribution in [1.29, 1.82) is 0 Å². The highest BCUT2D eigenvalue weighted by molar-refractivity contribution is 9.10. The number of hydrogen-bond acceptors (Lipinski definition) is 3. The van der Waals surface area contributed by atoms with Crippen molar-refractivity contribution in [3.05, 3.63) is 112 Å². The molecule has 3 aromatic rings. The van der Waals surface area contributed by atoms with Gasteiger partial charge in [-0.05, 0) is 54.0 Å². The summed E-state index contributed by atoms with van der Waals surface area (Å²) < 4.78 is 12.4. The van der Waals surface area contributed by atoms with Gasteiger partial charge in [-0.25, -0.2) is 0 Å². The van der Waals surface area contributed by atoms with Crippen molar-refractivity contribution in [2.45, 2.75) is 13.0 Å². The summed E-state index contributed by atoms with van der Waals surface area (Å²) in [5.74, 6) is 1.51. The van der Waals surface area contributed by atoms with E-state index in [0.717, 1.165) is 39.1 Å². The van der Waals surface area contributed by atoms with Crippen LogP contribution in [-0.2, 0) is 13.0 Å². The molecule has 0 unspecified atom stereocenters. The van der Waals surface area contributed by atoms with Gasteiger partial charge in [-0.1, -0.05) is 64.5 Å². The molecule has 0 saturated carbocycles. The lowest BCUT2D eigenvalue weighted by Crippen LogP contribution is -2.01. The number of rotatable bonds is 9. The molecular weight excluding hydrogens is 440 g/mol. The van der Waals surface area contributed by atoms with Crippen molar-refractivity contribution in [3.63, 3.8) is 0 Å². The van der Waals surface area contributed by atoms with Crippen LogP contribution in [-0.4, -0.2) is 12.9 Å². The summed E-state index contributed by atoms with van der Waals surface area (Å²) in [4.78, 5) is 12.4. The topological polar surface area (TPSA) is 35.5 Å². The SMILES string of the molecule is C=CCc1ccccc1OCc1cc(/C=C/C(=O)c2cccc(Br)c2)ccc1OC. The maximum absolute atomic E-state index is 12.4. The van der Waals surface area contributed by atoms with E-state index in [1.54, 1.807) is 31.4 Å². The number of ketones is 1. The van der Waals surface area contributed by atoms with Crippen LogP contribution in [0.25, 0.3) is 6.08 Å². The van der Waals surface area contributed by atoms with E-state index in [1.807, 2.05) is 60.7 Å². The zero-order chi connectivity index (χ0) is 21.3. The molecule has 0 heterocycles. The van der Waals surface area contributed by atoms with Crippen LogP contribution in [0.15, 0.2) is 89.9 Å². The van der Waals surface area contributed by atoms with E-state index in [2.05, 4.69) is 22.5 Å². The molecule has 0 amide bonds. The fourth-order valence-electron chi connectivity index (χ4n) is 3.05. The van der Waals surface area contributed by atoms with Crippen LogP contribution in [0.1, 0.15) is 27.0 Å². The molecule has 0 saturated heterocycles. The minimum absolute atomic E-state index is 0.0525. The quantitative estimate of drug-likeness (QED) is 0.202. The molecule has 4 heteroatoms. The second kappa shape index (κ2) is 10.6. The zero-order valence-corrected chi connectivity index (χ0v) is 18.4. The third-order valence-corrected chi connectivity index (χ3v) is 5.05. The molecule has 0 fully saturated rings. The van der Waals surface area contributed by atoms with Gasteiger partial charge in [-0.3, -0.25) is 4.79 Å². The van der Waals surface area contributed by atoms with Gasteiger partial charge in [0.2, 0.25) is 0 Å². The maximum atomic E-state index is 12.4. The average Bonchev–Trinajstić information content (AvgIpc) is 2.77. The molecule has 0 aliphatic heterocycles. The molecule has 0 aliphatic rings. The van der Waals surface area contributed by atoms with Crippen molar-refractivity contribution in [2.75, 3.05) is 7.11 Å². The van der Waals surface area contributed by atoms with E-state index < -0.39 is 0 Å². The number of para-hydroxylation sites is 1. The van der Waals surface area contributed by atoms with Crippen molar-refractivity contribution in [2.24, 2.45) is 0 Å². The van der Waals surface area contributed by atoms with E-state index in [0.29, 0.717) is 12.2 Å². The highest BCUT2D eigenvalue weighted by Crippen LogP contribution is 2.25. The summed E-state index contributed by atoms with van der Waals surface area (Å²) in [6, 6.07) is 21.0. The Morgan fingerprint density at radius 3 is 2.60 bits per heavy atom. The number of hydrogen-bond donors (Lipinski definition) is 0. The molecule has 3 rings (SSSR count). The number of benzene rings is 3. The number of halogens is 1. The second-order valence-corrected chi connectivity index (χ2v) is 7.58. The van der Waals surface area contributed by atoms with E-state index >= 15 is 0 Å². The van der Waals surface area contributed by atoms with Gasteiger partial charge in [-0.15, -0.1) is 6.58 Å². The number of carbonyl (C=O) groups excluding carboxylic acids is 1. The Balaban J connectivity index is 1.77. The third-order valence-electron chi connectivity index (χ3n) is 4.56. The van der Waals surface area contributed by atoms with E-state index in [-0.39, 0.29) is 5.78 Å². The van der Waals surface area contributed by atoms with E-state index in [9.17, 15) is 4.79 Å². The van der Waals surface area contributed by atoms with Gasteiger partial charge in [0.05, 0.1) is 7.11 Å². The zero-order valence-electron chi connectivity index (χ0n) is 16.8. The molecule has 152 valence electrons. The number of methoxy groups -OCH3 is 1. The molecule has 0 N–H and O–H groups in total. The minimum Gasteiger partial charge on any atom is -0.496 e. The summed E-state index contributed by atoms with van der Waals surface area (Å²) in [6.45, 7) is 4.16. The Labute approximate surface area is 185 Å². The smallest absolute Gasteiger partial charge is 0.185 e. The van der Waals surface area contributed by atoms with E-state index in [4.69, 9.17) is 9.47 Å². The van der Waals surface area contributed by atoms with Gasteiger partial charge < -0.3 is 9.47 Å². The third kappa shape index (κ3) is 5.71. The number of carbonyl (C=O) groups is 1. The van der Waals surface area contributed by atoms with Gasteiger partial charge in [0, 0.05) is 15.6 Å². The normalized spacial score (nSPS) is 10.7. The molecule has 0 aromatic heterocycles. The van der Waals surface area contributed by atoms with Gasteiger partial charge in [0.25, 0.3) is 0 Å². The van der Waals surface area contributed by atoms with Crippen LogP contribution in [0.3, 0.4) is 0 Å². The molecule has 3 aromatic carbocycles. The monoisotopic (exact) mass is 462 g/mol. The molecule has 0 aliphatic carbocycles. The Hall–Kier alpha value is -3.11. The Bertz CT molecular complexity index is 1070. The Morgan fingerprint density at radius 2 is 1.83 bits per heavy atom. The Morgan fingerprint density at radius 1 is 1.00 bits per heavy atom. The maximum Gasteiger partial charge on any atom is 0.185 e. The lowest BCUT2D eigenvalue weighted by atomic mass is 10.1. The predicted octanol–water partition coefficient (Wildman–Crippen LogP) is 6.66. The summed E-state index contributed by atoms with van der Waals surface area (Å²) in [7, 11) is 1.64. The standard InChI is InChI=1S/C26H23BrO3/c1-3-7-20-8-4-5-11-26(20)30-18-22-16-19(13-15-25(22)29-2)12-14-24(28)21-9-6-10-23(27)17-21/h3-6,8-17H,1,7,18H2,2H3/b14-12+. The number of ether oxygens (including phenoxy) is 2. The first kappa shape index (κ1) is 21.6. The molecule has 3 nitrogen and oxygen atoms in total. The summed E-state index contributed by atoms with van der Waals surface area (Å²) >= 11 is 3.39. The number of allylic oxidation sites excluding steroid dienone is 2. The fraction of sp³-hybridized carbons (Fsp3) is 0.115. The predicted molar refractivity (Wildman–Crippen MR) is 125 cm³/mol. The van der Waals surface area contributed by atoms with Gasteiger partial charge in [0.15, 0.2) is 5.78 Å². The minimum atomic E-state index is -0.0525. The first-order chi connectivity index (χ1) is 14.6. The van der Waals surface area contributed by atoms with Crippen molar-refractivity contribution >= 4 is 27.8 Å². The van der Waals surface area contributed by atoms with Crippen molar-refractivity contribution < 1.29 is 14.3 Å². The van der Waals surface area contributed by atoms with Crippen LogP contribution in [0, 0.1) is 0 Å². The lowest BCUT2D eigenvalue weighted by molar-refractivity contribution is 0.104. The van der Waals surface area contributed by atoms with Crippen molar-refractivity contribution in [1.82, 2.24) is 0 Å². The molecule has 0 atom stereocenters. The van der Waals surface area contributed by atoms with E-state index in [1.165, 1.54) is 0 Å². The molecule has 0 spiro atoms. The molecule has 0 radical (unpaired) electrons. The largest absolute Gasteiger partial charge is 0.496 e. The molecular formula is C26H23BrO3. The summed E-state index contributed by atoms with van der Waals surface area (Å²) in [6.07, 6.45) is 5.98. The van der Waals surface area contributed by atoms with Gasteiger partial charge >= 0.3 is 0 Å². The second-order valence-electron chi connectivity index (χ2n) is 6.67. The lowest BCUT2D eigenvalue weighted by Gasteiger charge is -2.13. The highest BCUT2D eigenvalue weighted by Gasteiger charge is 2.08. The summed E-state index contributed by atoms with van der Waals surface area (Å²) in [5.41, 5.74) is 3.53. The fourth-order valence-corrected chi connectivity index (χ4v) is 3.45. The van der Waals surface area contributed by atoms with Gasteiger partial charge in [-0.2, -0.15) is 0 Å². The van der Waals surface area contributed by atoms with Crippen LogP contribution in [0.4, 0.5) is 0 Å². The first-order valence-corrected chi connectivity index (χ1v) is 10.4. The molecule has 30 heavy (non-hydrogen) atoms. The van der Waals surface area contributed by atoms with Gasteiger partial charge in [0.1, 0.15) is 18.1 Å². The average molecular weight is 463 g/mol. The first-order valence-electron chi connectivity index (χ1n) is 9.57. The van der Waals surface area contributed by atoms with Crippen LogP contribution >= 0.6 is 15.9 Å². The molecule has 0 bridgehead atoms. The van der Waals surface area contributed by atoms with Crippen LogP contribution < -0.4 is 9.47 Å². The van der Waals surface area contributed by atoms with Crippen LogP contribution in [0.2, 0.25) is 0 Å².